The molecule has 1 aliphatic rings. The number of hydrogen-bond acceptors (Lipinski definition) is 6. The van der Waals surface area contributed by atoms with Crippen LogP contribution in [0.1, 0.15) is 39.4 Å². The number of nitro groups is 1. The number of nitrogens with one attached hydrogen (secondary N) is 1. The Balaban J connectivity index is 1.44. The Morgan fingerprint density at radius 2 is 1.86 bits per heavy atom. The molecule has 1 aliphatic carbocycles. The molecule has 4 aromatic rings. The van der Waals surface area contributed by atoms with Crippen LogP contribution in [0.3, 0.4) is 0 Å². The quantitative estimate of drug-likeness (QED) is 0.152. The number of nitrogens with zero attached hydrogens (tertiary/aromatic N) is 2. The largest absolute Gasteiger partial charge is 0.455 e. The maximum absolute atomic E-state index is 13.2. The van der Waals surface area contributed by atoms with Crippen LogP contribution in [0.25, 0.3) is 11.3 Å². The first kappa shape index (κ1) is 24.2. The monoisotopic (exact) mass is 539 g/mol. The van der Waals surface area contributed by atoms with Gasteiger partial charge in [-0.2, -0.15) is 0 Å². The van der Waals surface area contributed by atoms with E-state index in [4.69, 9.17) is 27.6 Å². The first-order valence-electron chi connectivity index (χ1n) is 11.2. The third-order valence-electron chi connectivity index (χ3n) is 5.85. The maximum atomic E-state index is 13.2. The predicted molar refractivity (Wildman–Crippen MR) is 143 cm³/mol. The Bertz CT molecular complexity index is 1490. The number of thiophene rings is 1. The van der Waals surface area contributed by atoms with Gasteiger partial charge < -0.3 is 9.73 Å². The van der Waals surface area contributed by atoms with Crippen LogP contribution in [0, 0.1) is 10.1 Å². The number of aryl methyl sites for hydroxylation is 1. The molecule has 2 aromatic carbocycles. The number of nitro benzene ring substituents is 1. The summed E-state index contributed by atoms with van der Waals surface area (Å²) >= 11 is 13.8. The first-order valence-corrected chi connectivity index (χ1v) is 12.8. The Morgan fingerprint density at radius 1 is 1.08 bits per heavy atom. The number of halogens is 2. The van der Waals surface area contributed by atoms with Crippen LogP contribution >= 0.6 is 34.5 Å². The SMILES string of the molecule is O=C(Nc1ccccc1)c1c(N=Cc2ccc(-c3cc(Cl)c([N+](=O)[O-])cc3Cl)o2)sc2c1CCCC2. The van der Waals surface area contributed by atoms with Crippen molar-refractivity contribution in [3.63, 3.8) is 0 Å². The molecule has 0 aliphatic heterocycles. The molecule has 0 bridgehead atoms. The summed E-state index contributed by atoms with van der Waals surface area (Å²) in [7, 11) is 0. The van der Waals surface area contributed by atoms with Crippen molar-refractivity contribution in [1.29, 1.82) is 0 Å². The van der Waals surface area contributed by atoms with E-state index in [-0.39, 0.29) is 21.6 Å². The maximum Gasteiger partial charge on any atom is 0.289 e. The second-order valence-corrected chi connectivity index (χ2v) is 10.1. The average Bonchev–Trinajstić information content (AvgIpc) is 3.48. The third kappa shape index (κ3) is 4.93. The molecule has 0 fully saturated rings. The van der Waals surface area contributed by atoms with Crippen molar-refractivity contribution in [3.8, 4) is 11.3 Å². The summed E-state index contributed by atoms with van der Waals surface area (Å²) in [6, 6.07) is 15.3. The van der Waals surface area contributed by atoms with Crippen LogP contribution in [0.5, 0.6) is 0 Å². The van der Waals surface area contributed by atoms with Gasteiger partial charge in [0.2, 0.25) is 0 Å². The number of benzene rings is 2. The zero-order valence-corrected chi connectivity index (χ0v) is 21.1. The van der Waals surface area contributed by atoms with Gasteiger partial charge in [-0.1, -0.05) is 41.4 Å². The second-order valence-electron chi connectivity index (χ2n) is 8.21. The molecule has 0 radical (unpaired) electrons. The van der Waals surface area contributed by atoms with Crippen molar-refractivity contribution < 1.29 is 14.1 Å². The Kier molecular flexibility index (Phi) is 6.91. The summed E-state index contributed by atoms with van der Waals surface area (Å²) in [5.41, 5.74) is 2.55. The summed E-state index contributed by atoms with van der Waals surface area (Å²) in [4.78, 5) is 29.5. The minimum atomic E-state index is -0.593. The topological polar surface area (TPSA) is 97.7 Å². The number of rotatable bonds is 6. The summed E-state index contributed by atoms with van der Waals surface area (Å²) in [5.74, 6) is 0.655. The molecule has 0 spiro atoms. The Hall–Kier alpha value is -3.46. The number of hydrogen-bond donors (Lipinski definition) is 1. The fourth-order valence-electron chi connectivity index (χ4n) is 4.15. The van der Waals surface area contributed by atoms with Crippen molar-refractivity contribution >= 4 is 63.0 Å². The molecule has 5 rings (SSSR count). The molecule has 182 valence electrons. The average molecular weight is 540 g/mol. The molecule has 2 heterocycles. The van der Waals surface area contributed by atoms with Gasteiger partial charge in [0.25, 0.3) is 11.6 Å². The number of carbonyl (C=O) groups excluding carboxylic acids is 1. The lowest BCUT2D eigenvalue weighted by atomic mass is 9.95. The summed E-state index contributed by atoms with van der Waals surface area (Å²) in [5, 5.41) is 14.8. The number of amides is 1. The molecule has 2 aromatic heterocycles. The normalized spacial score (nSPS) is 13.1. The first-order chi connectivity index (χ1) is 17.4. The number of aliphatic imine (C=N–C) groups is 1. The summed E-state index contributed by atoms with van der Waals surface area (Å²) in [6.45, 7) is 0. The van der Waals surface area contributed by atoms with Gasteiger partial charge in [-0.05, 0) is 61.6 Å². The van der Waals surface area contributed by atoms with E-state index in [9.17, 15) is 14.9 Å². The van der Waals surface area contributed by atoms with Gasteiger partial charge >= 0.3 is 0 Å². The van der Waals surface area contributed by atoms with Crippen LogP contribution in [0.15, 0.2) is 64.0 Å². The van der Waals surface area contributed by atoms with Gasteiger partial charge in [0.1, 0.15) is 21.5 Å². The molecule has 1 N–H and O–H groups in total. The molecule has 10 heteroatoms. The molecule has 1 amide bonds. The van der Waals surface area contributed by atoms with E-state index in [2.05, 4.69) is 10.3 Å². The predicted octanol–water partition coefficient (Wildman–Crippen LogP) is 8.10. The van der Waals surface area contributed by atoms with Crippen molar-refractivity contribution in [2.45, 2.75) is 25.7 Å². The highest BCUT2D eigenvalue weighted by Gasteiger charge is 2.25. The van der Waals surface area contributed by atoms with E-state index in [1.54, 1.807) is 18.3 Å². The van der Waals surface area contributed by atoms with Gasteiger partial charge in [-0.15, -0.1) is 11.3 Å². The molecule has 0 atom stereocenters. The minimum Gasteiger partial charge on any atom is -0.455 e. The molecule has 0 unspecified atom stereocenters. The standard InChI is InChI=1S/C26H19Cl2N3O4S/c27-19-13-21(31(33)34)20(28)12-18(19)22-11-10-16(35-22)14-29-26-24(17-8-4-5-9-23(17)36-26)25(32)30-15-6-2-1-3-7-15/h1-3,6-7,10-14H,4-5,8-9H2,(H,30,32). The fraction of sp³-hybridized carbons (Fsp3) is 0.154. The smallest absolute Gasteiger partial charge is 0.289 e. The molecular formula is C26H19Cl2N3O4S. The highest BCUT2D eigenvalue weighted by Crippen LogP contribution is 2.41. The van der Waals surface area contributed by atoms with Crippen molar-refractivity contribution in [1.82, 2.24) is 0 Å². The van der Waals surface area contributed by atoms with Crippen LogP contribution in [-0.4, -0.2) is 17.0 Å². The van der Waals surface area contributed by atoms with Gasteiger partial charge in [-0.3, -0.25) is 14.9 Å². The number of anilines is 1. The van der Waals surface area contributed by atoms with Gasteiger partial charge in [0.15, 0.2) is 0 Å². The van der Waals surface area contributed by atoms with Crippen molar-refractivity contribution in [3.05, 3.63) is 96.5 Å². The van der Waals surface area contributed by atoms with Crippen LogP contribution < -0.4 is 5.32 Å². The molecule has 0 saturated carbocycles. The van der Waals surface area contributed by atoms with E-state index in [1.807, 2.05) is 30.3 Å². The zero-order chi connectivity index (χ0) is 25.2. The highest BCUT2D eigenvalue weighted by atomic mass is 35.5. The van der Waals surface area contributed by atoms with E-state index < -0.39 is 4.92 Å². The van der Waals surface area contributed by atoms with Crippen LogP contribution in [-0.2, 0) is 12.8 Å². The van der Waals surface area contributed by atoms with E-state index in [1.165, 1.54) is 28.3 Å². The van der Waals surface area contributed by atoms with E-state index in [0.29, 0.717) is 27.6 Å². The highest BCUT2D eigenvalue weighted by molar-refractivity contribution is 7.16. The minimum absolute atomic E-state index is 0.0377. The number of fused-ring (bicyclic) bond motifs is 1. The van der Waals surface area contributed by atoms with Crippen LogP contribution in [0.4, 0.5) is 16.4 Å². The molecule has 36 heavy (non-hydrogen) atoms. The Labute approximate surface area is 220 Å². The molecular weight excluding hydrogens is 521 g/mol. The van der Waals surface area contributed by atoms with E-state index >= 15 is 0 Å². The number of para-hydroxylation sites is 1. The van der Waals surface area contributed by atoms with Gasteiger partial charge in [0, 0.05) is 22.2 Å². The zero-order valence-electron chi connectivity index (χ0n) is 18.8. The fourth-order valence-corrected chi connectivity index (χ4v) is 5.86. The second kappa shape index (κ2) is 10.3. The van der Waals surface area contributed by atoms with Crippen LogP contribution in [0.2, 0.25) is 10.0 Å². The lowest BCUT2D eigenvalue weighted by Crippen LogP contribution is -2.14. The summed E-state index contributed by atoms with van der Waals surface area (Å²) < 4.78 is 5.87. The van der Waals surface area contributed by atoms with Crippen molar-refractivity contribution in [2.75, 3.05) is 5.32 Å². The Morgan fingerprint density at radius 3 is 2.64 bits per heavy atom. The molecule has 0 saturated heterocycles. The lowest BCUT2D eigenvalue weighted by molar-refractivity contribution is -0.384. The van der Waals surface area contributed by atoms with Gasteiger partial charge in [0.05, 0.1) is 21.7 Å². The number of furan rings is 1. The van der Waals surface area contributed by atoms with Crippen molar-refractivity contribution in [2.24, 2.45) is 4.99 Å². The summed E-state index contributed by atoms with van der Waals surface area (Å²) in [6.07, 6.45) is 5.48. The number of carbonyl (C=O) groups is 1. The third-order valence-corrected chi connectivity index (χ3v) is 7.66. The van der Waals surface area contributed by atoms with Gasteiger partial charge in [-0.25, -0.2) is 4.99 Å². The van der Waals surface area contributed by atoms with E-state index in [0.717, 1.165) is 36.9 Å². The molecule has 7 nitrogen and oxygen atoms in total. The lowest BCUT2D eigenvalue weighted by Gasteiger charge is -2.12.